The van der Waals surface area contributed by atoms with E-state index in [1.54, 1.807) is 0 Å². The zero-order chi connectivity index (χ0) is 7.68. The SMILES string of the molecule is IC[C@H]1Cc2ccccc2O1. The van der Waals surface area contributed by atoms with Crippen molar-refractivity contribution in [3.8, 4) is 5.75 Å². The van der Waals surface area contributed by atoms with Crippen LogP contribution in [0.2, 0.25) is 0 Å². The van der Waals surface area contributed by atoms with Crippen LogP contribution in [0.15, 0.2) is 24.3 Å². The normalized spacial score (nSPS) is 21.0. The Bertz CT molecular complexity index is 234. The maximum Gasteiger partial charge on any atom is 0.123 e. The third-order valence-corrected chi connectivity index (χ3v) is 2.87. The fourth-order valence-corrected chi connectivity index (χ4v) is 1.83. The van der Waals surface area contributed by atoms with Gasteiger partial charge in [-0.3, -0.25) is 0 Å². The molecule has 0 saturated heterocycles. The summed E-state index contributed by atoms with van der Waals surface area (Å²) >= 11 is 2.36. The first-order chi connectivity index (χ1) is 5.40. The monoisotopic (exact) mass is 260 g/mol. The lowest BCUT2D eigenvalue weighted by atomic mass is 10.1. The van der Waals surface area contributed by atoms with E-state index in [9.17, 15) is 0 Å². The molecular formula is C9H9IO. The highest BCUT2D eigenvalue weighted by molar-refractivity contribution is 14.1. The number of halogens is 1. The Balaban J connectivity index is 2.27. The minimum Gasteiger partial charge on any atom is -0.489 e. The minimum atomic E-state index is 0.410. The quantitative estimate of drug-likeness (QED) is 0.556. The van der Waals surface area contributed by atoms with Gasteiger partial charge in [-0.2, -0.15) is 0 Å². The van der Waals surface area contributed by atoms with Gasteiger partial charge in [-0.25, -0.2) is 0 Å². The van der Waals surface area contributed by atoms with Crippen LogP contribution >= 0.6 is 22.6 Å². The molecule has 1 atom stereocenters. The minimum absolute atomic E-state index is 0.410. The van der Waals surface area contributed by atoms with Gasteiger partial charge in [-0.1, -0.05) is 40.8 Å². The summed E-state index contributed by atoms with van der Waals surface area (Å²) in [5.74, 6) is 1.08. The Morgan fingerprint density at radius 1 is 1.45 bits per heavy atom. The van der Waals surface area contributed by atoms with Gasteiger partial charge >= 0.3 is 0 Å². The second-order valence-electron chi connectivity index (χ2n) is 2.71. The number of alkyl halides is 1. The molecule has 1 aromatic rings. The fourth-order valence-electron chi connectivity index (χ4n) is 1.34. The standard InChI is InChI=1S/C9H9IO/c10-6-8-5-7-3-1-2-4-9(7)11-8/h1-4,8H,5-6H2/t8-/m1/s1. The van der Waals surface area contributed by atoms with Crippen molar-refractivity contribution in [3.05, 3.63) is 29.8 Å². The van der Waals surface area contributed by atoms with Gasteiger partial charge in [0, 0.05) is 10.8 Å². The van der Waals surface area contributed by atoms with Crippen LogP contribution in [-0.4, -0.2) is 10.5 Å². The average Bonchev–Trinajstić information content (AvgIpc) is 2.46. The van der Waals surface area contributed by atoms with Crippen LogP contribution in [0, 0.1) is 0 Å². The van der Waals surface area contributed by atoms with E-state index >= 15 is 0 Å². The smallest absolute Gasteiger partial charge is 0.123 e. The molecule has 1 aromatic carbocycles. The second kappa shape index (κ2) is 3.01. The van der Waals surface area contributed by atoms with Gasteiger partial charge in [0.2, 0.25) is 0 Å². The molecule has 2 heteroatoms. The third kappa shape index (κ3) is 1.36. The summed E-state index contributed by atoms with van der Waals surface area (Å²) in [4.78, 5) is 0. The highest BCUT2D eigenvalue weighted by Gasteiger charge is 2.20. The molecule has 1 aliphatic heterocycles. The van der Waals surface area contributed by atoms with Gasteiger partial charge in [0.1, 0.15) is 11.9 Å². The summed E-state index contributed by atoms with van der Waals surface area (Å²) in [7, 11) is 0. The van der Waals surface area contributed by atoms with Gasteiger partial charge in [-0.15, -0.1) is 0 Å². The molecule has 0 unspecified atom stereocenters. The lowest BCUT2D eigenvalue weighted by Gasteiger charge is -2.04. The van der Waals surface area contributed by atoms with E-state index in [4.69, 9.17) is 4.74 Å². The fraction of sp³-hybridized carbons (Fsp3) is 0.333. The first kappa shape index (κ1) is 7.40. The molecule has 1 heterocycles. The number of ether oxygens (including phenoxy) is 1. The van der Waals surface area contributed by atoms with Crippen molar-refractivity contribution in [2.24, 2.45) is 0 Å². The molecular weight excluding hydrogens is 251 g/mol. The number of rotatable bonds is 1. The van der Waals surface area contributed by atoms with Crippen LogP contribution in [0.1, 0.15) is 5.56 Å². The summed E-state index contributed by atoms with van der Waals surface area (Å²) < 4.78 is 6.72. The number of hydrogen-bond donors (Lipinski definition) is 0. The highest BCUT2D eigenvalue weighted by Crippen LogP contribution is 2.28. The van der Waals surface area contributed by atoms with Crippen LogP contribution in [0.5, 0.6) is 5.75 Å². The molecule has 0 radical (unpaired) electrons. The van der Waals surface area contributed by atoms with Crippen LogP contribution in [0.4, 0.5) is 0 Å². The molecule has 0 fully saturated rings. The first-order valence-electron chi connectivity index (χ1n) is 3.70. The second-order valence-corrected chi connectivity index (χ2v) is 3.59. The van der Waals surface area contributed by atoms with Gasteiger partial charge in [-0.05, 0) is 11.6 Å². The highest BCUT2D eigenvalue weighted by atomic mass is 127. The van der Waals surface area contributed by atoms with Crippen LogP contribution < -0.4 is 4.74 Å². The summed E-state index contributed by atoms with van der Waals surface area (Å²) in [5.41, 5.74) is 1.36. The maximum absolute atomic E-state index is 5.65. The molecule has 1 aliphatic rings. The summed E-state index contributed by atoms with van der Waals surface area (Å²) in [6, 6.07) is 8.27. The van der Waals surface area contributed by atoms with Gasteiger partial charge in [0.15, 0.2) is 0 Å². The molecule has 0 aromatic heterocycles. The zero-order valence-electron chi connectivity index (χ0n) is 6.09. The summed E-state index contributed by atoms with van der Waals surface area (Å²) in [5, 5.41) is 0. The van der Waals surface area contributed by atoms with Crippen molar-refractivity contribution < 1.29 is 4.74 Å². The molecule has 11 heavy (non-hydrogen) atoms. The van der Waals surface area contributed by atoms with Crippen LogP contribution in [0.25, 0.3) is 0 Å². The number of benzene rings is 1. The average molecular weight is 260 g/mol. The van der Waals surface area contributed by atoms with Crippen molar-refractivity contribution in [2.45, 2.75) is 12.5 Å². The van der Waals surface area contributed by atoms with Crippen molar-refractivity contribution in [2.75, 3.05) is 4.43 Å². The molecule has 1 nitrogen and oxygen atoms in total. The van der Waals surface area contributed by atoms with Crippen molar-refractivity contribution >= 4 is 22.6 Å². The maximum atomic E-state index is 5.65. The summed E-state index contributed by atoms with van der Waals surface area (Å²) in [6.45, 7) is 0. The number of para-hydroxylation sites is 1. The zero-order valence-corrected chi connectivity index (χ0v) is 8.24. The van der Waals surface area contributed by atoms with E-state index in [2.05, 4.69) is 34.7 Å². The molecule has 0 aliphatic carbocycles. The predicted molar refractivity (Wildman–Crippen MR) is 53.4 cm³/mol. The number of fused-ring (bicyclic) bond motifs is 1. The van der Waals surface area contributed by atoms with Gasteiger partial charge < -0.3 is 4.74 Å². The van der Waals surface area contributed by atoms with E-state index in [-0.39, 0.29) is 0 Å². The van der Waals surface area contributed by atoms with Gasteiger partial charge in [0.25, 0.3) is 0 Å². The van der Waals surface area contributed by atoms with Crippen molar-refractivity contribution in [1.82, 2.24) is 0 Å². The van der Waals surface area contributed by atoms with Crippen LogP contribution in [-0.2, 0) is 6.42 Å². The predicted octanol–water partition coefficient (Wildman–Crippen LogP) is 2.43. The van der Waals surface area contributed by atoms with E-state index in [0.717, 1.165) is 16.6 Å². The lowest BCUT2D eigenvalue weighted by Crippen LogP contribution is -2.13. The Hall–Kier alpha value is -0.250. The van der Waals surface area contributed by atoms with Gasteiger partial charge in [0.05, 0.1) is 0 Å². The van der Waals surface area contributed by atoms with E-state index < -0.39 is 0 Å². The van der Waals surface area contributed by atoms with E-state index in [0.29, 0.717) is 6.10 Å². The largest absolute Gasteiger partial charge is 0.489 e. The lowest BCUT2D eigenvalue weighted by molar-refractivity contribution is 0.262. The van der Waals surface area contributed by atoms with E-state index in [1.165, 1.54) is 5.56 Å². The third-order valence-electron chi connectivity index (χ3n) is 1.89. The molecule has 2 rings (SSSR count). The first-order valence-corrected chi connectivity index (χ1v) is 5.23. The van der Waals surface area contributed by atoms with E-state index in [1.807, 2.05) is 12.1 Å². The Labute approximate surface area is 79.9 Å². The van der Waals surface area contributed by atoms with Crippen LogP contribution in [0.3, 0.4) is 0 Å². The summed E-state index contributed by atoms with van der Waals surface area (Å²) in [6.07, 6.45) is 1.49. The molecule has 0 saturated carbocycles. The molecule has 58 valence electrons. The van der Waals surface area contributed by atoms with Crippen molar-refractivity contribution in [3.63, 3.8) is 0 Å². The molecule has 0 amide bonds. The molecule has 0 bridgehead atoms. The topological polar surface area (TPSA) is 9.23 Å². The van der Waals surface area contributed by atoms with Crippen molar-refractivity contribution in [1.29, 1.82) is 0 Å². The molecule has 0 N–H and O–H groups in total. The molecule has 0 spiro atoms. The Morgan fingerprint density at radius 2 is 2.27 bits per heavy atom. The number of hydrogen-bond acceptors (Lipinski definition) is 1. The Morgan fingerprint density at radius 3 is 3.00 bits per heavy atom. The Kier molecular flexibility index (Phi) is 2.02.